The van der Waals surface area contributed by atoms with E-state index in [4.69, 9.17) is 4.74 Å². The van der Waals surface area contributed by atoms with Gasteiger partial charge in [-0.25, -0.2) is 0 Å². The summed E-state index contributed by atoms with van der Waals surface area (Å²) < 4.78 is 5.09. The largest absolute Gasteiger partial charge is 0.426 e. The Morgan fingerprint density at radius 1 is 0.952 bits per heavy atom. The van der Waals surface area contributed by atoms with E-state index in [1.165, 1.54) is 12.5 Å². The van der Waals surface area contributed by atoms with E-state index in [0.29, 0.717) is 22.8 Å². The van der Waals surface area contributed by atoms with Gasteiger partial charge < -0.3 is 4.74 Å². The molecule has 0 amide bonds. The highest BCUT2D eigenvalue weighted by molar-refractivity contribution is 6.11. The zero-order valence-electron chi connectivity index (χ0n) is 12.4. The van der Waals surface area contributed by atoms with E-state index in [0.717, 1.165) is 0 Å². The minimum atomic E-state index is -0.439. The highest BCUT2D eigenvalue weighted by Crippen LogP contribution is 2.23. The van der Waals surface area contributed by atoms with Gasteiger partial charge in [0.2, 0.25) is 0 Å². The van der Waals surface area contributed by atoms with Gasteiger partial charge in [-0.1, -0.05) is 50.2 Å². The summed E-state index contributed by atoms with van der Waals surface area (Å²) in [7, 11) is 0. The number of ketones is 1. The second kappa shape index (κ2) is 6.35. The van der Waals surface area contributed by atoms with Crippen molar-refractivity contribution >= 4 is 11.8 Å². The molecule has 0 fully saturated rings. The van der Waals surface area contributed by atoms with Crippen molar-refractivity contribution in [1.82, 2.24) is 0 Å². The predicted molar refractivity (Wildman–Crippen MR) is 81.7 cm³/mol. The molecule has 0 N–H and O–H groups in total. The molecule has 0 aromatic heterocycles. The van der Waals surface area contributed by atoms with Crippen LogP contribution in [-0.4, -0.2) is 11.8 Å². The topological polar surface area (TPSA) is 43.4 Å². The predicted octanol–water partition coefficient (Wildman–Crippen LogP) is 3.97. The average molecular weight is 282 g/mol. The third-order valence-corrected chi connectivity index (χ3v) is 3.22. The van der Waals surface area contributed by atoms with Crippen molar-refractivity contribution in [3.63, 3.8) is 0 Å². The number of hydrogen-bond donors (Lipinski definition) is 0. The summed E-state index contributed by atoms with van der Waals surface area (Å²) in [6.07, 6.45) is 0. The summed E-state index contributed by atoms with van der Waals surface area (Å²) in [5.74, 6) is 0.123. The van der Waals surface area contributed by atoms with Crippen molar-refractivity contribution in [2.75, 3.05) is 0 Å². The molecular formula is C18H18O3. The molecule has 0 bridgehead atoms. The first-order valence-corrected chi connectivity index (χ1v) is 6.91. The van der Waals surface area contributed by atoms with E-state index in [1.807, 2.05) is 24.3 Å². The van der Waals surface area contributed by atoms with E-state index in [1.54, 1.807) is 24.3 Å². The molecule has 3 nitrogen and oxygen atoms in total. The highest BCUT2D eigenvalue weighted by atomic mass is 16.5. The third-order valence-electron chi connectivity index (χ3n) is 3.22. The fourth-order valence-electron chi connectivity index (χ4n) is 2.07. The SMILES string of the molecule is CC(=O)Oc1ccccc1C(=O)c1ccc(C(C)C)cc1. The summed E-state index contributed by atoms with van der Waals surface area (Å²) in [5, 5.41) is 0. The summed E-state index contributed by atoms with van der Waals surface area (Å²) >= 11 is 0. The molecule has 0 radical (unpaired) electrons. The van der Waals surface area contributed by atoms with Gasteiger partial charge in [-0.15, -0.1) is 0 Å². The summed E-state index contributed by atoms with van der Waals surface area (Å²) in [4.78, 5) is 23.6. The molecule has 0 atom stereocenters. The van der Waals surface area contributed by atoms with E-state index in [9.17, 15) is 9.59 Å². The second-order valence-corrected chi connectivity index (χ2v) is 5.20. The van der Waals surface area contributed by atoms with E-state index < -0.39 is 5.97 Å². The fourth-order valence-corrected chi connectivity index (χ4v) is 2.07. The van der Waals surface area contributed by atoms with Gasteiger partial charge in [0, 0.05) is 12.5 Å². The van der Waals surface area contributed by atoms with Crippen LogP contribution < -0.4 is 4.74 Å². The monoisotopic (exact) mass is 282 g/mol. The highest BCUT2D eigenvalue weighted by Gasteiger charge is 2.15. The molecule has 0 aliphatic rings. The normalized spacial score (nSPS) is 10.5. The lowest BCUT2D eigenvalue weighted by Crippen LogP contribution is -2.08. The number of rotatable bonds is 4. The van der Waals surface area contributed by atoms with Gasteiger partial charge in [-0.05, 0) is 23.6 Å². The Balaban J connectivity index is 2.33. The van der Waals surface area contributed by atoms with Gasteiger partial charge in [-0.2, -0.15) is 0 Å². The molecule has 108 valence electrons. The van der Waals surface area contributed by atoms with Gasteiger partial charge in [0.25, 0.3) is 0 Å². The van der Waals surface area contributed by atoms with Gasteiger partial charge in [-0.3, -0.25) is 9.59 Å². The molecule has 2 aromatic carbocycles. The molecule has 2 rings (SSSR count). The van der Waals surface area contributed by atoms with Gasteiger partial charge in [0.15, 0.2) is 5.78 Å². The van der Waals surface area contributed by atoms with Crippen LogP contribution in [0.25, 0.3) is 0 Å². The van der Waals surface area contributed by atoms with Crippen molar-refractivity contribution in [3.05, 3.63) is 65.2 Å². The van der Waals surface area contributed by atoms with E-state index >= 15 is 0 Å². The molecule has 0 saturated heterocycles. The molecule has 0 aliphatic heterocycles. The Kier molecular flexibility index (Phi) is 4.53. The maximum atomic E-state index is 12.5. The Hall–Kier alpha value is -2.42. The zero-order valence-corrected chi connectivity index (χ0v) is 12.4. The number of benzene rings is 2. The van der Waals surface area contributed by atoms with Gasteiger partial charge in [0.05, 0.1) is 5.56 Å². The smallest absolute Gasteiger partial charge is 0.308 e. The number of ether oxygens (including phenoxy) is 1. The number of carbonyl (C=O) groups excluding carboxylic acids is 2. The minimum Gasteiger partial charge on any atom is -0.426 e. The second-order valence-electron chi connectivity index (χ2n) is 5.20. The standard InChI is InChI=1S/C18H18O3/c1-12(2)14-8-10-15(11-9-14)18(20)16-6-4-5-7-17(16)21-13(3)19/h4-12H,1-3H3. The Morgan fingerprint density at radius 3 is 2.14 bits per heavy atom. The average Bonchev–Trinajstić information content (AvgIpc) is 2.46. The number of esters is 1. The van der Waals surface area contributed by atoms with Crippen molar-refractivity contribution in [2.24, 2.45) is 0 Å². The van der Waals surface area contributed by atoms with Crippen LogP contribution in [0.4, 0.5) is 0 Å². The zero-order chi connectivity index (χ0) is 15.4. The quantitative estimate of drug-likeness (QED) is 0.484. The van der Waals surface area contributed by atoms with Crippen LogP contribution in [0, 0.1) is 0 Å². The molecule has 0 heterocycles. The number of carbonyl (C=O) groups is 2. The molecular weight excluding hydrogens is 264 g/mol. The lowest BCUT2D eigenvalue weighted by atomic mass is 9.98. The number of para-hydroxylation sites is 1. The van der Waals surface area contributed by atoms with Crippen LogP contribution in [0.3, 0.4) is 0 Å². The third kappa shape index (κ3) is 3.57. The van der Waals surface area contributed by atoms with Crippen LogP contribution >= 0.6 is 0 Å². The first kappa shape index (κ1) is 15.0. The summed E-state index contributed by atoms with van der Waals surface area (Å²) in [6.45, 7) is 5.53. The van der Waals surface area contributed by atoms with Crippen molar-refractivity contribution in [2.45, 2.75) is 26.7 Å². The summed E-state index contributed by atoms with van der Waals surface area (Å²) in [6, 6.07) is 14.3. The van der Waals surface area contributed by atoms with Crippen LogP contribution in [0.5, 0.6) is 5.75 Å². The first-order chi connectivity index (χ1) is 9.99. The molecule has 2 aromatic rings. The molecule has 0 saturated carbocycles. The van der Waals surface area contributed by atoms with Gasteiger partial charge in [0.1, 0.15) is 5.75 Å². The van der Waals surface area contributed by atoms with Crippen molar-refractivity contribution in [1.29, 1.82) is 0 Å². The molecule has 0 aliphatic carbocycles. The Morgan fingerprint density at radius 2 is 1.57 bits per heavy atom. The van der Waals surface area contributed by atoms with Crippen molar-refractivity contribution < 1.29 is 14.3 Å². The molecule has 0 unspecified atom stereocenters. The fraction of sp³-hybridized carbons (Fsp3) is 0.222. The molecule has 0 spiro atoms. The van der Waals surface area contributed by atoms with Gasteiger partial charge >= 0.3 is 5.97 Å². The Bertz CT molecular complexity index is 654. The Labute approximate surface area is 124 Å². The van der Waals surface area contributed by atoms with Crippen LogP contribution in [-0.2, 0) is 4.79 Å². The van der Waals surface area contributed by atoms with Crippen LogP contribution in [0.1, 0.15) is 48.2 Å². The maximum absolute atomic E-state index is 12.5. The molecule has 3 heteroatoms. The van der Waals surface area contributed by atoms with E-state index in [-0.39, 0.29) is 5.78 Å². The lowest BCUT2D eigenvalue weighted by Gasteiger charge is -2.09. The van der Waals surface area contributed by atoms with Crippen molar-refractivity contribution in [3.8, 4) is 5.75 Å². The first-order valence-electron chi connectivity index (χ1n) is 6.91. The molecule has 21 heavy (non-hydrogen) atoms. The van der Waals surface area contributed by atoms with E-state index in [2.05, 4.69) is 13.8 Å². The summed E-state index contributed by atoms with van der Waals surface area (Å²) in [5.41, 5.74) is 2.16. The van der Waals surface area contributed by atoms with Crippen LogP contribution in [0.2, 0.25) is 0 Å². The van der Waals surface area contributed by atoms with Crippen LogP contribution in [0.15, 0.2) is 48.5 Å². The lowest BCUT2D eigenvalue weighted by molar-refractivity contribution is -0.131. The minimum absolute atomic E-state index is 0.151. The maximum Gasteiger partial charge on any atom is 0.308 e. The number of hydrogen-bond acceptors (Lipinski definition) is 3.